The summed E-state index contributed by atoms with van der Waals surface area (Å²) in [6.45, 7) is 4.15. The van der Waals surface area contributed by atoms with Crippen LogP contribution in [-0.2, 0) is 29.9 Å². The van der Waals surface area contributed by atoms with Crippen molar-refractivity contribution in [2.75, 3.05) is 13.1 Å². The fourth-order valence-corrected chi connectivity index (χ4v) is 7.24. The zero-order chi connectivity index (χ0) is 21.9. The summed E-state index contributed by atoms with van der Waals surface area (Å²) in [4.78, 5) is 13.8. The average molecular weight is 438 g/mol. The van der Waals surface area contributed by atoms with Crippen LogP contribution in [0.15, 0.2) is 35.2 Å². The van der Waals surface area contributed by atoms with Crippen LogP contribution >= 0.6 is 0 Å². The number of ketones is 1. The number of hydrogen-bond acceptors (Lipinski definition) is 4. The van der Waals surface area contributed by atoms with Crippen molar-refractivity contribution in [1.29, 1.82) is 0 Å². The van der Waals surface area contributed by atoms with E-state index in [1.165, 1.54) is 20.8 Å². The molecule has 7 heteroatoms. The number of Topliss-reactive ketones (excluding diaryl/α,β-unsaturated/α-hetero) is 1. The van der Waals surface area contributed by atoms with Crippen molar-refractivity contribution in [3.8, 4) is 0 Å². The molecule has 0 amide bonds. The van der Waals surface area contributed by atoms with Crippen LogP contribution in [-0.4, -0.2) is 41.4 Å². The molecule has 1 aliphatic carbocycles. The molecule has 6 nitrogen and oxygen atoms in total. The van der Waals surface area contributed by atoms with Gasteiger partial charge in [0.15, 0.2) is 5.78 Å². The number of benzene rings is 2. The van der Waals surface area contributed by atoms with E-state index < -0.39 is 10.0 Å². The van der Waals surface area contributed by atoms with E-state index in [1.54, 1.807) is 25.6 Å². The largest absolute Gasteiger partial charge is 0.294 e. The number of rotatable bonds is 4. The quantitative estimate of drug-likeness (QED) is 0.585. The summed E-state index contributed by atoms with van der Waals surface area (Å²) in [6, 6.07) is 10.2. The van der Waals surface area contributed by atoms with Crippen LogP contribution in [0, 0.1) is 19.8 Å². The van der Waals surface area contributed by atoms with Crippen LogP contribution in [0.1, 0.15) is 45.7 Å². The van der Waals surface area contributed by atoms with Crippen LogP contribution in [0.4, 0.5) is 0 Å². The lowest BCUT2D eigenvalue weighted by atomic mass is 9.88. The van der Waals surface area contributed by atoms with E-state index in [4.69, 9.17) is 0 Å². The number of hydrogen-bond donors (Lipinski definition) is 0. The average Bonchev–Trinajstić information content (AvgIpc) is 3.29. The second-order valence-corrected chi connectivity index (χ2v) is 10.7. The molecule has 2 aromatic carbocycles. The van der Waals surface area contributed by atoms with Crippen LogP contribution in [0.2, 0.25) is 0 Å². The first kappa shape index (κ1) is 20.4. The summed E-state index contributed by atoms with van der Waals surface area (Å²) in [7, 11) is -1.95. The number of sulfonamides is 1. The summed E-state index contributed by atoms with van der Waals surface area (Å²) in [6.07, 6.45) is 3.42. The zero-order valence-electron chi connectivity index (χ0n) is 18.2. The Morgan fingerprint density at radius 2 is 1.84 bits per heavy atom. The lowest BCUT2D eigenvalue weighted by Crippen LogP contribution is -2.42. The van der Waals surface area contributed by atoms with Crippen molar-refractivity contribution >= 4 is 26.6 Å². The van der Waals surface area contributed by atoms with Gasteiger partial charge in [-0.15, -0.1) is 0 Å². The van der Waals surface area contributed by atoms with Gasteiger partial charge >= 0.3 is 0 Å². The fraction of sp³-hybridized carbons (Fsp3) is 0.417. The SMILES string of the molecule is Cc1nn(C)c(C)c1S(=O)(=O)N1CCC[C@H](C(=O)c2ccc3c4c(cccc24)CC3)C1. The van der Waals surface area contributed by atoms with Crippen LogP contribution in [0.3, 0.4) is 0 Å². The third kappa shape index (κ3) is 3.13. The third-order valence-electron chi connectivity index (χ3n) is 6.94. The topological polar surface area (TPSA) is 72.3 Å². The van der Waals surface area contributed by atoms with Gasteiger partial charge in [0.1, 0.15) is 4.90 Å². The van der Waals surface area contributed by atoms with Gasteiger partial charge in [-0.3, -0.25) is 9.48 Å². The van der Waals surface area contributed by atoms with Crippen LogP contribution in [0.5, 0.6) is 0 Å². The molecule has 0 N–H and O–H groups in total. The molecule has 1 fully saturated rings. The van der Waals surface area contributed by atoms with Crippen molar-refractivity contribution in [2.45, 2.75) is 44.4 Å². The van der Waals surface area contributed by atoms with Crippen LogP contribution < -0.4 is 0 Å². The highest BCUT2D eigenvalue weighted by Crippen LogP contribution is 2.35. The molecule has 1 saturated heterocycles. The summed E-state index contributed by atoms with van der Waals surface area (Å²) in [5.41, 5.74) is 4.45. The standard InChI is InChI=1S/C24H27N3O3S/c1-15-24(16(2)26(3)25-15)31(29,30)27-13-5-7-19(14-27)23(28)21-12-11-18-10-9-17-6-4-8-20(21)22(17)18/h4,6,8,11-12,19H,5,7,9-10,13-14H2,1-3H3/t19-/m0/s1. The van der Waals surface area contributed by atoms with Gasteiger partial charge in [-0.2, -0.15) is 9.40 Å². The number of carbonyl (C=O) groups is 1. The lowest BCUT2D eigenvalue weighted by Gasteiger charge is -2.31. The molecule has 1 atom stereocenters. The van der Waals surface area contributed by atoms with Gasteiger partial charge in [0.25, 0.3) is 0 Å². The summed E-state index contributed by atoms with van der Waals surface area (Å²) in [5.74, 6) is -0.283. The van der Waals surface area contributed by atoms with Gasteiger partial charge in [0, 0.05) is 31.6 Å². The maximum atomic E-state index is 13.6. The molecule has 0 bridgehead atoms. The molecule has 0 unspecified atom stereocenters. The van der Waals surface area contributed by atoms with Crippen molar-refractivity contribution in [3.05, 3.63) is 58.4 Å². The normalized spacial score (nSPS) is 19.3. The molecular formula is C24H27N3O3S. The Morgan fingerprint density at radius 1 is 1.10 bits per heavy atom. The second kappa shape index (κ2) is 7.28. The van der Waals surface area contributed by atoms with Gasteiger partial charge in [-0.25, -0.2) is 8.42 Å². The first-order valence-electron chi connectivity index (χ1n) is 10.9. The van der Waals surface area contributed by atoms with E-state index in [-0.39, 0.29) is 23.1 Å². The molecule has 1 aromatic heterocycles. The number of carbonyl (C=O) groups excluding carboxylic acids is 1. The van der Waals surface area contributed by atoms with E-state index in [0.717, 1.165) is 23.8 Å². The van der Waals surface area contributed by atoms with Gasteiger partial charge in [0.05, 0.1) is 11.4 Å². The van der Waals surface area contributed by atoms with E-state index >= 15 is 0 Å². The summed E-state index contributed by atoms with van der Waals surface area (Å²) < 4.78 is 29.9. The maximum absolute atomic E-state index is 13.6. The van der Waals surface area contributed by atoms with Gasteiger partial charge in [-0.1, -0.05) is 30.3 Å². The Balaban J connectivity index is 1.48. The number of piperidine rings is 1. The molecule has 3 aromatic rings. The molecule has 2 heterocycles. The minimum absolute atomic E-state index is 0.0510. The maximum Gasteiger partial charge on any atom is 0.246 e. The molecule has 31 heavy (non-hydrogen) atoms. The minimum atomic E-state index is -3.70. The highest BCUT2D eigenvalue weighted by atomic mass is 32.2. The van der Waals surface area contributed by atoms with Crippen molar-refractivity contribution in [2.24, 2.45) is 13.0 Å². The van der Waals surface area contributed by atoms with E-state index in [0.29, 0.717) is 30.8 Å². The Morgan fingerprint density at radius 3 is 2.55 bits per heavy atom. The van der Waals surface area contributed by atoms with Gasteiger partial charge in [0.2, 0.25) is 10.0 Å². The van der Waals surface area contributed by atoms with Crippen molar-refractivity contribution in [3.63, 3.8) is 0 Å². The number of nitrogens with zero attached hydrogens (tertiary/aromatic N) is 3. The van der Waals surface area contributed by atoms with Crippen molar-refractivity contribution < 1.29 is 13.2 Å². The molecule has 162 valence electrons. The molecule has 0 saturated carbocycles. The smallest absolute Gasteiger partial charge is 0.246 e. The summed E-state index contributed by atoms with van der Waals surface area (Å²) >= 11 is 0. The zero-order valence-corrected chi connectivity index (χ0v) is 19.0. The van der Waals surface area contributed by atoms with E-state index in [2.05, 4.69) is 17.2 Å². The van der Waals surface area contributed by atoms with E-state index in [9.17, 15) is 13.2 Å². The second-order valence-electron chi connectivity index (χ2n) is 8.80. The monoisotopic (exact) mass is 437 g/mol. The molecule has 0 radical (unpaired) electrons. The van der Waals surface area contributed by atoms with Gasteiger partial charge in [-0.05, 0) is 61.4 Å². The fourth-order valence-electron chi connectivity index (χ4n) is 5.31. The summed E-state index contributed by atoms with van der Waals surface area (Å²) in [5, 5.41) is 6.50. The van der Waals surface area contributed by atoms with E-state index in [1.807, 2.05) is 18.2 Å². The Bertz CT molecular complexity index is 1310. The first-order valence-corrected chi connectivity index (χ1v) is 12.3. The highest BCUT2D eigenvalue weighted by molar-refractivity contribution is 7.89. The third-order valence-corrected chi connectivity index (χ3v) is 9.06. The molecule has 5 rings (SSSR count). The molecule has 2 aliphatic rings. The predicted molar refractivity (Wildman–Crippen MR) is 120 cm³/mol. The highest BCUT2D eigenvalue weighted by Gasteiger charge is 2.37. The lowest BCUT2D eigenvalue weighted by molar-refractivity contribution is 0.0874. The first-order chi connectivity index (χ1) is 14.8. The molecule has 0 spiro atoms. The van der Waals surface area contributed by atoms with Crippen molar-refractivity contribution in [1.82, 2.24) is 14.1 Å². The minimum Gasteiger partial charge on any atom is -0.294 e. The number of aromatic nitrogens is 2. The van der Waals surface area contributed by atoms with Crippen LogP contribution in [0.25, 0.3) is 10.8 Å². The Kier molecular flexibility index (Phi) is 4.79. The molecule has 1 aliphatic heterocycles. The Hall–Kier alpha value is -2.51. The number of aryl methyl sites for hydroxylation is 4. The Labute approximate surface area is 182 Å². The predicted octanol–water partition coefficient (Wildman–Crippen LogP) is 3.57. The van der Waals surface area contributed by atoms with Gasteiger partial charge < -0.3 is 0 Å². The molecular weight excluding hydrogens is 410 g/mol.